The molecule has 1 aliphatic rings. The summed E-state index contributed by atoms with van der Waals surface area (Å²) in [6, 6.07) is 2.17. The average Bonchev–Trinajstić information content (AvgIpc) is 2.92. The van der Waals surface area contributed by atoms with Gasteiger partial charge in [-0.3, -0.25) is 5.43 Å². The lowest BCUT2D eigenvalue weighted by molar-refractivity contribution is 0.0970. The van der Waals surface area contributed by atoms with Gasteiger partial charge in [-0.05, 0) is 24.8 Å². The smallest absolute Gasteiger partial charge is 0.240 e. The first-order valence-electron chi connectivity index (χ1n) is 7.32. The maximum atomic E-state index is 9.91. The van der Waals surface area contributed by atoms with Crippen molar-refractivity contribution in [3.8, 4) is 0 Å². The van der Waals surface area contributed by atoms with E-state index < -0.39 is 0 Å². The number of aliphatic hydroxyl groups is 1. The summed E-state index contributed by atoms with van der Waals surface area (Å²) in [5.74, 6) is 7.10. The molecule has 0 radical (unpaired) electrons. The van der Waals surface area contributed by atoms with Crippen LogP contribution in [0.25, 0.3) is 10.2 Å². The van der Waals surface area contributed by atoms with Crippen LogP contribution in [0.1, 0.15) is 25.1 Å². The first-order chi connectivity index (χ1) is 10.1. The monoisotopic (exact) mass is 307 g/mol. The Morgan fingerprint density at radius 1 is 1.52 bits per heavy atom. The Bertz CT molecular complexity index is 644. The van der Waals surface area contributed by atoms with Crippen molar-refractivity contribution in [3.63, 3.8) is 0 Å². The number of aliphatic hydroxyl groups excluding tert-OH is 1. The van der Waals surface area contributed by atoms with Crippen LogP contribution in [0.5, 0.6) is 0 Å². The highest BCUT2D eigenvalue weighted by molar-refractivity contribution is 7.18. The molecule has 2 unspecified atom stereocenters. The Hall–Kier alpha value is -1.44. The molecule has 3 rings (SSSR count). The number of nitrogens with two attached hydrogens (primary N) is 1. The van der Waals surface area contributed by atoms with Crippen LogP contribution >= 0.6 is 11.3 Å². The van der Waals surface area contributed by atoms with E-state index in [2.05, 4.69) is 40.2 Å². The molecular formula is C14H21N5OS. The molecule has 0 bridgehead atoms. The number of nitrogens with zero attached hydrogens (tertiary/aromatic N) is 3. The van der Waals surface area contributed by atoms with E-state index in [1.54, 1.807) is 11.3 Å². The Balaban J connectivity index is 2.05. The molecule has 114 valence electrons. The van der Waals surface area contributed by atoms with Crippen LogP contribution in [0.15, 0.2) is 6.07 Å². The second kappa shape index (κ2) is 5.75. The number of anilines is 2. The molecule has 0 amide bonds. The van der Waals surface area contributed by atoms with Gasteiger partial charge < -0.3 is 10.0 Å². The number of nitrogens with one attached hydrogen (secondary N) is 1. The van der Waals surface area contributed by atoms with Crippen molar-refractivity contribution in [1.29, 1.82) is 0 Å². The zero-order valence-corrected chi connectivity index (χ0v) is 13.2. The lowest BCUT2D eigenvalue weighted by Crippen LogP contribution is -2.42. The van der Waals surface area contributed by atoms with Crippen molar-refractivity contribution in [2.75, 3.05) is 23.4 Å². The van der Waals surface area contributed by atoms with Crippen LogP contribution in [0.3, 0.4) is 0 Å². The first-order valence-corrected chi connectivity index (χ1v) is 8.14. The fourth-order valence-corrected chi connectivity index (χ4v) is 3.72. The zero-order valence-electron chi connectivity index (χ0n) is 12.3. The van der Waals surface area contributed by atoms with Gasteiger partial charge in [-0.25, -0.2) is 10.8 Å². The van der Waals surface area contributed by atoms with E-state index in [1.807, 2.05) is 0 Å². The highest BCUT2D eigenvalue weighted by Gasteiger charge is 2.27. The van der Waals surface area contributed by atoms with Gasteiger partial charge in [0.05, 0.1) is 11.5 Å². The minimum Gasteiger partial charge on any atom is -0.393 e. The summed E-state index contributed by atoms with van der Waals surface area (Å²) in [6.07, 6.45) is 1.53. The van der Waals surface area contributed by atoms with Gasteiger partial charge in [-0.15, -0.1) is 11.3 Å². The van der Waals surface area contributed by atoms with Gasteiger partial charge >= 0.3 is 0 Å². The number of hydrogen-bond donors (Lipinski definition) is 3. The van der Waals surface area contributed by atoms with E-state index in [1.165, 1.54) is 4.88 Å². The summed E-state index contributed by atoms with van der Waals surface area (Å²) in [7, 11) is 0. The van der Waals surface area contributed by atoms with E-state index in [9.17, 15) is 5.11 Å². The summed E-state index contributed by atoms with van der Waals surface area (Å²) >= 11 is 1.68. The molecule has 3 heterocycles. The fourth-order valence-electron chi connectivity index (χ4n) is 2.76. The fraction of sp³-hybridized carbons (Fsp3) is 0.571. The number of aromatic nitrogens is 2. The number of hydrogen-bond acceptors (Lipinski definition) is 7. The lowest BCUT2D eigenvalue weighted by atomic mass is 9.96. The average molecular weight is 307 g/mol. The van der Waals surface area contributed by atoms with Crippen LogP contribution in [0, 0.1) is 5.92 Å². The Kier molecular flexibility index (Phi) is 3.97. The quantitative estimate of drug-likeness (QED) is 0.591. The molecule has 1 fully saturated rings. The molecule has 6 nitrogen and oxygen atoms in total. The van der Waals surface area contributed by atoms with Crippen molar-refractivity contribution in [2.45, 2.75) is 32.8 Å². The van der Waals surface area contributed by atoms with E-state index in [4.69, 9.17) is 5.84 Å². The molecular weight excluding hydrogens is 286 g/mol. The van der Waals surface area contributed by atoms with E-state index in [-0.39, 0.29) is 12.0 Å². The van der Waals surface area contributed by atoms with Crippen molar-refractivity contribution < 1.29 is 5.11 Å². The van der Waals surface area contributed by atoms with Crippen LogP contribution < -0.4 is 16.2 Å². The highest BCUT2D eigenvalue weighted by Crippen LogP contribution is 2.34. The maximum absolute atomic E-state index is 9.91. The number of nitrogen functional groups attached to an aromatic ring is 1. The predicted molar refractivity (Wildman–Crippen MR) is 86.6 cm³/mol. The molecule has 7 heteroatoms. The SMILES string of the molecule is CCc1cc2c(N3CCC(O)C(C)C3)nc(NN)nc2s1. The Morgan fingerprint density at radius 2 is 2.33 bits per heavy atom. The van der Waals surface area contributed by atoms with Crippen LogP contribution in [0.2, 0.25) is 0 Å². The summed E-state index contributed by atoms with van der Waals surface area (Å²) in [5.41, 5.74) is 2.55. The first kappa shape index (κ1) is 14.5. The molecule has 0 aromatic carbocycles. The molecule has 2 atom stereocenters. The highest BCUT2D eigenvalue weighted by atomic mass is 32.1. The predicted octanol–water partition coefficient (Wildman–Crippen LogP) is 1.75. The van der Waals surface area contributed by atoms with Gasteiger partial charge in [0.1, 0.15) is 10.6 Å². The van der Waals surface area contributed by atoms with E-state index >= 15 is 0 Å². The number of piperidine rings is 1. The summed E-state index contributed by atoms with van der Waals surface area (Å²) in [6.45, 7) is 5.81. The van der Waals surface area contributed by atoms with Gasteiger partial charge in [-0.1, -0.05) is 13.8 Å². The minimum absolute atomic E-state index is 0.223. The summed E-state index contributed by atoms with van der Waals surface area (Å²) < 4.78 is 0. The van der Waals surface area contributed by atoms with Crippen molar-refractivity contribution in [1.82, 2.24) is 9.97 Å². The van der Waals surface area contributed by atoms with E-state index in [0.717, 1.165) is 42.0 Å². The van der Waals surface area contributed by atoms with Crippen LogP contribution in [0.4, 0.5) is 11.8 Å². The number of fused-ring (bicyclic) bond motifs is 1. The molecule has 2 aromatic rings. The molecule has 1 aliphatic heterocycles. The molecule has 1 saturated heterocycles. The Morgan fingerprint density at radius 3 is 3.00 bits per heavy atom. The second-order valence-electron chi connectivity index (χ2n) is 5.58. The number of thiophene rings is 1. The Labute approximate surface area is 128 Å². The topological polar surface area (TPSA) is 87.3 Å². The van der Waals surface area contributed by atoms with Crippen molar-refractivity contribution in [2.24, 2.45) is 11.8 Å². The van der Waals surface area contributed by atoms with E-state index in [0.29, 0.717) is 5.95 Å². The standard InChI is InChI=1S/C14H21N5OS/c1-3-9-6-10-12(16-14(18-15)17-13(10)21-9)19-5-4-11(20)8(2)7-19/h6,8,11,20H,3-5,7,15H2,1-2H3,(H,16,17,18). The second-order valence-corrected chi connectivity index (χ2v) is 6.69. The largest absolute Gasteiger partial charge is 0.393 e. The zero-order chi connectivity index (χ0) is 15.0. The molecule has 0 spiro atoms. The summed E-state index contributed by atoms with van der Waals surface area (Å²) in [4.78, 5) is 13.5. The third-order valence-electron chi connectivity index (χ3n) is 4.06. The number of aryl methyl sites for hydroxylation is 1. The van der Waals surface area contributed by atoms with Gasteiger partial charge in [0, 0.05) is 18.0 Å². The molecule has 0 saturated carbocycles. The van der Waals surface area contributed by atoms with Gasteiger partial charge in [0.2, 0.25) is 5.95 Å². The van der Waals surface area contributed by atoms with Crippen molar-refractivity contribution >= 4 is 33.3 Å². The number of hydrazine groups is 1. The molecule has 21 heavy (non-hydrogen) atoms. The maximum Gasteiger partial charge on any atom is 0.240 e. The minimum atomic E-state index is -0.223. The number of rotatable bonds is 3. The molecule has 0 aliphatic carbocycles. The normalized spacial score (nSPS) is 22.8. The van der Waals surface area contributed by atoms with Crippen LogP contribution in [-0.2, 0) is 6.42 Å². The molecule has 2 aromatic heterocycles. The van der Waals surface area contributed by atoms with Gasteiger partial charge in [0.15, 0.2) is 0 Å². The summed E-state index contributed by atoms with van der Waals surface area (Å²) in [5, 5.41) is 11.0. The van der Waals surface area contributed by atoms with Gasteiger partial charge in [-0.2, -0.15) is 4.98 Å². The third kappa shape index (κ3) is 2.68. The lowest BCUT2D eigenvalue weighted by Gasteiger charge is -2.35. The third-order valence-corrected chi connectivity index (χ3v) is 5.23. The molecule has 4 N–H and O–H groups in total. The van der Waals surface area contributed by atoms with Crippen molar-refractivity contribution in [3.05, 3.63) is 10.9 Å². The van der Waals surface area contributed by atoms with Gasteiger partial charge in [0.25, 0.3) is 0 Å². The van der Waals surface area contributed by atoms with Crippen LogP contribution in [-0.4, -0.2) is 34.3 Å².